The van der Waals surface area contributed by atoms with Crippen molar-refractivity contribution < 1.29 is 0 Å². The van der Waals surface area contributed by atoms with E-state index in [1.54, 1.807) is 0 Å². The SMILES string of the molecule is CCc1ccc(CC(NN)C2CC2c2ccccc2)cc1. The zero-order valence-corrected chi connectivity index (χ0v) is 12.6. The summed E-state index contributed by atoms with van der Waals surface area (Å²) in [6.45, 7) is 2.19. The quantitative estimate of drug-likeness (QED) is 0.628. The fraction of sp³-hybridized carbons (Fsp3) is 0.368. The molecule has 21 heavy (non-hydrogen) atoms. The highest BCUT2D eigenvalue weighted by Crippen LogP contribution is 2.49. The third kappa shape index (κ3) is 3.34. The Bertz CT molecular complexity index is 562. The lowest BCUT2D eigenvalue weighted by molar-refractivity contribution is 0.464. The molecule has 0 radical (unpaired) electrons. The number of aryl methyl sites for hydroxylation is 1. The van der Waals surface area contributed by atoms with Crippen LogP contribution in [0.1, 0.15) is 36.0 Å². The van der Waals surface area contributed by atoms with Crippen LogP contribution in [0.25, 0.3) is 0 Å². The summed E-state index contributed by atoms with van der Waals surface area (Å²) in [6.07, 6.45) is 3.35. The molecule has 3 N–H and O–H groups in total. The maximum Gasteiger partial charge on any atom is 0.0285 e. The lowest BCUT2D eigenvalue weighted by Crippen LogP contribution is -2.38. The van der Waals surface area contributed by atoms with E-state index in [9.17, 15) is 0 Å². The molecule has 3 unspecified atom stereocenters. The summed E-state index contributed by atoms with van der Waals surface area (Å²) in [5.74, 6) is 7.13. The second-order valence-corrected chi connectivity index (χ2v) is 6.06. The van der Waals surface area contributed by atoms with E-state index in [1.807, 2.05) is 0 Å². The zero-order chi connectivity index (χ0) is 14.7. The fourth-order valence-corrected chi connectivity index (χ4v) is 3.24. The molecule has 3 rings (SSSR count). The highest BCUT2D eigenvalue weighted by Gasteiger charge is 2.43. The molecule has 3 atom stereocenters. The first-order valence-electron chi connectivity index (χ1n) is 7.90. The van der Waals surface area contributed by atoms with Gasteiger partial charge in [-0.15, -0.1) is 0 Å². The third-order valence-electron chi connectivity index (χ3n) is 4.69. The Balaban J connectivity index is 1.64. The number of rotatable bonds is 6. The van der Waals surface area contributed by atoms with Crippen LogP contribution >= 0.6 is 0 Å². The summed E-state index contributed by atoms with van der Waals surface area (Å²) >= 11 is 0. The Morgan fingerprint density at radius 3 is 2.33 bits per heavy atom. The molecule has 2 heteroatoms. The molecule has 1 saturated carbocycles. The number of nitrogens with one attached hydrogen (secondary N) is 1. The molecule has 110 valence electrons. The van der Waals surface area contributed by atoms with Crippen LogP contribution in [0.3, 0.4) is 0 Å². The van der Waals surface area contributed by atoms with Crippen molar-refractivity contribution in [3.05, 3.63) is 71.3 Å². The summed E-state index contributed by atoms with van der Waals surface area (Å²) in [4.78, 5) is 0. The number of hydrazine groups is 1. The summed E-state index contributed by atoms with van der Waals surface area (Å²) in [6, 6.07) is 20.1. The third-order valence-corrected chi connectivity index (χ3v) is 4.69. The molecule has 0 bridgehead atoms. The van der Waals surface area contributed by atoms with Gasteiger partial charge in [-0.2, -0.15) is 0 Å². The average molecular weight is 280 g/mol. The maximum absolute atomic E-state index is 5.81. The Morgan fingerprint density at radius 2 is 1.71 bits per heavy atom. The number of nitrogens with two attached hydrogens (primary N) is 1. The highest BCUT2D eigenvalue weighted by atomic mass is 15.2. The van der Waals surface area contributed by atoms with Gasteiger partial charge in [0.05, 0.1) is 0 Å². The van der Waals surface area contributed by atoms with Gasteiger partial charge in [-0.05, 0) is 47.8 Å². The van der Waals surface area contributed by atoms with E-state index in [-0.39, 0.29) is 0 Å². The average Bonchev–Trinajstić information content (AvgIpc) is 3.34. The highest BCUT2D eigenvalue weighted by molar-refractivity contribution is 5.28. The second-order valence-electron chi connectivity index (χ2n) is 6.06. The molecule has 1 aliphatic carbocycles. The molecule has 2 aromatic rings. The van der Waals surface area contributed by atoms with Crippen molar-refractivity contribution in [3.63, 3.8) is 0 Å². The van der Waals surface area contributed by atoms with E-state index in [0.717, 1.165) is 12.8 Å². The molecule has 2 nitrogen and oxygen atoms in total. The van der Waals surface area contributed by atoms with Crippen LogP contribution in [0.4, 0.5) is 0 Å². The normalized spacial score (nSPS) is 22.0. The van der Waals surface area contributed by atoms with E-state index in [0.29, 0.717) is 17.9 Å². The lowest BCUT2D eigenvalue weighted by atomic mass is 9.98. The molecule has 0 spiro atoms. The number of hydrogen-bond acceptors (Lipinski definition) is 2. The topological polar surface area (TPSA) is 38.0 Å². The van der Waals surface area contributed by atoms with Gasteiger partial charge in [-0.3, -0.25) is 11.3 Å². The van der Waals surface area contributed by atoms with Gasteiger partial charge in [0.15, 0.2) is 0 Å². The molecule has 1 aliphatic rings. The molecule has 0 saturated heterocycles. The Hall–Kier alpha value is -1.64. The van der Waals surface area contributed by atoms with E-state index >= 15 is 0 Å². The fourth-order valence-electron chi connectivity index (χ4n) is 3.24. The van der Waals surface area contributed by atoms with E-state index < -0.39 is 0 Å². The first-order valence-corrected chi connectivity index (χ1v) is 7.90. The molecule has 1 fully saturated rings. The monoisotopic (exact) mass is 280 g/mol. The van der Waals surface area contributed by atoms with Crippen LogP contribution in [0.2, 0.25) is 0 Å². The summed E-state index contributed by atoms with van der Waals surface area (Å²) in [5.41, 5.74) is 7.25. The van der Waals surface area contributed by atoms with E-state index in [1.165, 1.54) is 23.1 Å². The Labute approximate surface area is 127 Å². The van der Waals surface area contributed by atoms with Crippen LogP contribution in [-0.2, 0) is 12.8 Å². The molecular weight excluding hydrogens is 256 g/mol. The predicted octanol–water partition coefficient (Wildman–Crippen LogP) is 3.43. The Morgan fingerprint density at radius 1 is 1.05 bits per heavy atom. The number of hydrogen-bond donors (Lipinski definition) is 2. The van der Waals surface area contributed by atoms with Crippen LogP contribution in [-0.4, -0.2) is 6.04 Å². The molecule has 0 heterocycles. The van der Waals surface area contributed by atoms with Crippen LogP contribution < -0.4 is 11.3 Å². The van der Waals surface area contributed by atoms with Gasteiger partial charge in [0.2, 0.25) is 0 Å². The first kappa shape index (κ1) is 14.3. The van der Waals surface area contributed by atoms with Gasteiger partial charge in [-0.1, -0.05) is 61.5 Å². The van der Waals surface area contributed by atoms with Gasteiger partial charge in [0.1, 0.15) is 0 Å². The van der Waals surface area contributed by atoms with Crippen molar-refractivity contribution >= 4 is 0 Å². The lowest BCUT2D eigenvalue weighted by Gasteiger charge is -2.16. The van der Waals surface area contributed by atoms with Crippen molar-refractivity contribution in [3.8, 4) is 0 Å². The molecule has 0 aromatic heterocycles. The van der Waals surface area contributed by atoms with Gasteiger partial charge in [0.25, 0.3) is 0 Å². The minimum Gasteiger partial charge on any atom is -0.271 e. The maximum atomic E-state index is 5.81. The molecule has 2 aromatic carbocycles. The van der Waals surface area contributed by atoms with Crippen molar-refractivity contribution in [2.24, 2.45) is 11.8 Å². The number of benzene rings is 2. The van der Waals surface area contributed by atoms with Gasteiger partial charge in [-0.25, -0.2) is 0 Å². The largest absolute Gasteiger partial charge is 0.271 e. The van der Waals surface area contributed by atoms with Crippen LogP contribution in [0.5, 0.6) is 0 Å². The molecule has 0 amide bonds. The van der Waals surface area contributed by atoms with Crippen LogP contribution in [0, 0.1) is 5.92 Å². The Kier molecular flexibility index (Phi) is 4.37. The van der Waals surface area contributed by atoms with Gasteiger partial charge < -0.3 is 0 Å². The van der Waals surface area contributed by atoms with Crippen molar-refractivity contribution in [1.29, 1.82) is 0 Å². The van der Waals surface area contributed by atoms with Gasteiger partial charge >= 0.3 is 0 Å². The summed E-state index contributed by atoms with van der Waals surface area (Å²) < 4.78 is 0. The predicted molar refractivity (Wildman–Crippen MR) is 87.9 cm³/mol. The molecule has 0 aliphatic heterocycles. The standard InChI is InChI=1S/C19H24N2/c1-2-14-8-10-15(11-9-14)12-19(21-20)18-13-17(18)16-6-4-3-5-7-16/h3-11,17-19,21H,2,12-13,20H2,1H3. The zero-order valence-electron chi connectivity index (χ0n) is 12.6. The van der Waals surface area contributed by atoms with Gasteiger partial charge in [0, 0.05) is 6.04 Å². The van der Waals surface area contributed by atoms with Crippen LogP contribution in [0.15, 0.2) is 54.6 Å². The smallest absolute Gasteiger partial charge is 0.0285 e. The minimum atomic E-state index is 0.364. The summed E-state index contributed by atoms with van der Waals surface area (Å²) in [7, 11) is 0. The minimum absolute atomic E-state index is 0.364. The molecular formula is C19H24N2. The summed E-state index contributed by atoms with van der Waals surface area (Å²) in [5, 5.41) is 0. The van der Waals surface area contributed by atoms with Crippen molar-refractivity contribution in [2.45, 2.75) is 38.1 Å². The second kappa shape index (κ2) is 6.42. The van der Waals surface area contributed by atoms with E-state index in [2.05, 4.69) is 66.9 Å². The first-order chi connectivity index (χ1) is 10.3. The van der Waals surface area contributed by atoms with Crippen molar-refractivity contribution in [2.75, 3.05) is 0 Å². The van der Waals surface area contributed by atoms with E-state index in [4.69, 9.17) is 5.84 Å². The van der Waals surface area contributed by atoms with Crippen molar-refractivity contribution in [1.82, 2.24) is 5.43 Å².